The van der Waals surface area contributed by atoms with Gasteiger partial charge in [0.2, 0.25) is 10.0 Å². The third kappa shape index (κ3) is 5.06. The van der Waals surface area contributed by atoms with Crippen molar-refractivity contribution in [2.24, 2.45) is 0 Å². The summed E-state index contributed by atoms with van der Waals surface area (Å²) in [6.45, 7) is 0.878. The van der Waals surface area contributed by atoms with Crippen molar-refractivity contribution in [1.29, 1.82) is 0 Å². The summed E-state index contributed by atoms with van der Waals surface area (Å²) in [5, 5.41) is 3.06. The number of hydrogen-bond donors (Lipinski definition) is 2. The van der Waals surface area contributed by atoms with Crippen molar-refractivity contribution >= 4 is 10.0 Å². The molecule has 0 atom stereocenters. The average Bonchev–Trinajstić information content (AvgIpc) is 2.43. The van der Waals surface area contributed by atoms with Crippen LogP contribution in [0.2, 0.25) is 0 Å². The first kappa shape index (κ1) is 15.7. The molecule has 0 aliphatic rings. The molecule has 1 aromatic rings. The zero-order valence-corrected chi connectivity index (χ0v) is 12.2. The number of methoxy groups -OCH3 is 2. The molecule has 1 rings (SSSR count). The van der Waals surface area contributed by atoms with Gasteiger partial charge in [0.15, 0.2) is 0 Å². The lowest BCUT2D eigenvalue weighted by atomic mass is 10.2. The van der Waals surface area contributed by atoms with Gasteiger partial charge in [-0.2, -0.15) is 0 Å². The van der Waals surface area contributed by atoms with Gasteiger partial charge in [-0.1, -0.05) is 0 Å². The summed E-state index contributed by atoms with van der Waals surface area (Å²) in [5.74, 6) is 1.51. The molecule has 0 saturated heterocycles. The lowest BCUT2D eigenvalue weighted by molar-refractivity contribution is 0.397. The van der Waals surface area contributed by atoms with Crippen LogP contribution in [0.4, 0.5) is 0 Å². The minimum absolute atomic E-state index is 0.0375. The van der Waals surface area contributed by atoms with Crippen LogP contribution in [-0.2, 0) is 16.6 Å². The molecule has 0 bridgehead atoms. The molecule has 7 heteroatoms. The molecule has 108 valence electrons. The molecule has 0 unspecified atom stereocenters. The zero-order chi connectivity index (χ0) is 14.3. The van der Waals surface area contributed by atoms with E-state index in [1.165, 1.54) is 7.05 Å². The predicted octanol–water partition coefficient (Wildman–Crippen LogP) is 0.343. The van der Waals surface area contributed by atoms with Crippen LogP contribution in [0.25, 0.3) is 0 Å². The quantitative estimate of drug-likeness (QED) is 0.675. The molecule has 0 spiro atoms. The van der Waals surface area contributed by atoms with Gasteiger partial charge >= 0.3 is 0 Å². The Morgan fingerprint density at radius 3 is 2.53 bits per heavy atom. The Morgan fingerprint density at radius 2 is 1.95 bits per heavy atom. The summed E-state index contributed by atoms with van der Waals surface area (Å²) in [7, 11) is 1.42. The molecule has 0 amide bonds. The fraction of sp³-hybridized carbons (Fsp3) is 0.500. The second-order valence-electron chi connectivity index (χ2n) is 3.88. The van der Waals surface area contributed by atoms with E-state index in [0.29, 0.717) is 13.1 Å². The molecule has 0 aliphatic heterocycles. The highest BCUT2D eigenvalue weighted by atomic mass is 32.2. The Morgan fingerprint density at radius 1 is 1.21 bits per heavy atom. The van der Waals surface area contributed by atoms with Gasteiger partial charge in [0.1, 0.15) is 11.5 Å². The first-order chi connectivity index (χ1) is 9.02. The van der Waals surface area contributed by atoms with Gasteiger partial charge in [-0.05, 0) is 25.2 Å². The predicted molar refractivity (Wildman–Crippen MR) is 74.1 cm³/mol. The maximum absolute atomic E-state index is 11.2. The maximum Gasteiger partial charge on any atom is 0.212 e. The SMILES string of the molecule is CNS(=O)(=O)CCNCc1cc(OC)ccc1OC. The molecule has 0 saturated carbocycles. The van der Waals surface area contributed by atoms with Crippen LogP contribution in [0.15, 0.2) is 18.2 Å². The fourth-order valence-corrected chi connectivity index (χ4v) is 2.17. The molecule has 0 radical (unpaired) electrons. The van der Waals surface area contributed by atoms with Gasteiger partial charge in [0, 0.05) is 18.7 Å². The number of rotatable bonds is 8. The van der Waals surface area contributed by atoms with Gasteiger partial charge in [-0.15, -0.1) is 0 Å². The number of nitrogens with one attached hydrogen (secondary N) is 2. The van der Waals surface area contributed by atoms with Crippen LogP contribution in [-0.4, -0.2) is 42.0 Å². The molecular weight excluding hydrogens is 268 g/mol. The van der Waals surface area contributed by atoms with Crippen molar-refractivity contribution in [2.45, 2.75) is 6.54 Å². The number of sulfonamides is 1. The van der Waals surface area contributed by atoms with E-state index >= 15 is 0 Å². The molecular formula is C12H20N2O4S. The van der Waals surface area contributed by atoms with Gasteiger partial charge < -0.3 is 14.8 Å². The summed E-state index contributed by atoms with van der Waals surface area (Å²) in [4.78, 5) is 0. The summed E-state index contributed by atoms with van der Waals surface area (Å²) in [6, 6.07) is 5.49. The van der Waals surface area contributed by atoms with Crippen LogP contribution >= 0.6 is 0 Å². The summed E-state index contributed by atoms with van der Waals surface area (Å²) in [6.07, 6.45) is 0. The Kier molecular flexibility index (Phi) is 6.07. The number of ether oxygens (including phenoxy) is 2. The molecule has 6 nitrogen and oxygen atoms in total. The van der Waals surface area contributed by atoms with E-state index in [0.717, 1.165) is 17.1 Å². The van der Waals surface area contributed by atoms with E-state index in [2.05, 4.69) is 10.0 Å². The summed E-state index contributed by atoms with van der Waals surface area (Å²) in [5.41, 5.74) is 0.920. The van der Waals surface area contributed by atoms with Crippen molar-refractivity contribution < 1.29 is 17.9 Å². The van der Waals surface area contributed by atoms with Crippen molar-refractivity contribution in [2.75, 3.05) is 33.6 Å². The van der Waals surface area contributed by atoms with Crippen LogP contribution in [0.5, 0.6) is 11.5 Å². The minimum Gasteiger partial charge on any atom is -0.497 e. The minimum atomic E-state index is -3.17. The van der Waals surface area contributed by atoms with E-state index in [1.807, 2.05) is 18.2 Å². The van der Waals surface area contributed by atoms with Crippen LogP contribution in [0.1, 0.15) is 5.56 Å². The van der Waals surface area contributed by atoms with Crippen molar-refractivity contribution in [3.05, 3.63) is 23.8 Å². The fourth-order valence-electron chi connectivity index (χ4n) is 1.55. The normalized spacial score (nSPS) is 11.3. The summed E-state index contributed by atoms with van der Waals surface area (Å²) < 4.78 is 35.1. The third-order valence-electron chi connectivity index (χ3n) is 2.66. The molecule has 0 aromatic heterocycles. The Hall–Kier alpha value is -1.31. The maximum atomic E-state index is 11.2. The molecule has 0 heterocycles. The lowest BCUT2D eigenvalue weighted by Gasteiger charge is -2.11. The van der Waals surface area contributed by atoms with Crippen molar-refractivity contribution in [3.63, 3.8) is 0 Å². The van der Waals surface area contributed by atoms with E-state index < -0.39 is 10.0 Å². The van der Waals surface area contributed by atoms with Crippen LogP contribution in [0.3, 0.4) is 0 Å². The lowest BCUT2D eigenvalue weighted by Crippen LogP contribution is -2.29. The third-order valence-corrected chi connectivity index (χ3v) is 4.03. The molecule has 0 fully saturated rings. The second-order valence-corrected chi connectivity index (χ2v) is 5.92. The van der Waals surface area contributed by atoms with Gasteiger partial charge in [0.25, 0.3) is 0 Å². The van der Waals surface area contributed by atoms with Gasteiger partial charge in [-0.25, -0.2) is 13.1 Å². The Labute approximate surface area is 114 Å². The van der Waals surface area contributed by atoms with E-state index in [1.54, 1.807) is 14.2 Å². The second kappa shape index (κ2) is 7.32. The Balaban J connectivity index is 2.57. The highest BCUT2D eigenvalue weighted by molar-refractivity contribution is 7.89. The van der Waals surface area contributed by atoms with Crippen LogP contribution < -0.4 is 19.5 Å². The van der Waals surface area contributed by atoms with Gasteiger partial charge in [0.05, 0.1) is 20.0 Å². The van der Waals surface area contributed by atoms with E-state index in [-0.39, 0.29) is 5.75 Å². The topological polar surface area (TPSA) is 76.7 Å². The standard InChI is InChI=1S/C12H20N2O4S/c1-13-19(15,16)7-6-14-9-10-8-11(17-2)4-5-12(10)18-3/h4-5,8,13-14H,6-7,9H2,1-3H3. The monoisotopic (exact) mass is 288 g/mol. The van der Waals surface area contributed by atoms with Gasteiger partial charge in [-0.3, -0.25) is 0 Å². The zero-order valence-electron chi connectivity index (χ0n) is 11.4. The first-order valence-corrected chi connectivity index (χ1v) is 7.50. The average molecular weight is 288 g/mol. The Bertz CT molecular complexity index is 502. The number of hydrogen-bond acceptors (Lipinski definition) is 5. The smallest absolute Gasteiger partial charge is 0.212 e. The van der Waals surface area contributed by atoms with E-state index in [4.69, 9.17) is 9.47 Å². The first-order valence-electron chi connectivity index (χ1n) is 5.85. The van der Waals surface area contributed by atoms with Crippen molar-refractivity contribution in [3.8, 4) is 11.5 Å². The highest BCUT2D eigenvalue weighted by Gasteiger charge is 2.07. The largest absolute Gasteiger partial charge is 0.497 e. The molecule has 0 aliphatic carbocycles. The molecule has 1 aromatic carbocycles. The molecule has 19 heavy (non-hydrogen) atoms. The van der Waals surface area contributed by atoms with E-state index in [9.17, 15) is 8.42 Å². The highest BCUT2D eigenvalue weighted by Crippen LogP contribution is 2.23. The number of benzene rings is 1. The van der Waals surface area contributed by atoms with Crippen molar-refractivity contribution in [1.82, 2.24) is 10.0 Å². The summed E-state index contributed by atoms with van der Waals surface area (Å²) >= 11 is 0. The van der Waals surface area contributed by atoms with Crippen LogP contribution in [0, 0.1) is 0 Å². The molecule has 2 N–H and O–H groups in total.